The first-order valence-corrected chi connectivity index (χ1v) is 12.5. The molecule has 0 unspecified atom stereocenters. The summed E-state index contributed by atoms with van der Waals surface area (Å²) in [7, 11) is 2.90. The molecule has 1 atom stereocenters. The first-order valence-electron chi connectivity index (χ1n) is 11.7. The molecule has 3 amide bonds. The van der Waals surface area contributed by atoms with Gasteiger partial charge in [-0.2, -0.15) is 4.37 Å². The summed E-state index contributed by atoms with van der Waals surface area (Å²) in [4.78, 5) is 40.6. The van der Waals surface area contributed by atoms with Gasteiger partial charge in [0.05, 0.1) is 19.9 Å². The number of amides is 3. The van der Waals surface area contributed by atoms with Crippen LogP contribution in [0.4, 0.5) is 15.8 Å². The van der Waals surface area contributed by atoms with E-state index < -0.39 is 29.6 Å². The third-order valence-electron chi connectivity index (χ3n) is 5.73. The minimum atomic E-state index is -1.24. The average molecular weight is 544 g/mol. The second-order valence-corrected chi connectivity index (χ2v) is 9.55. The zero-order valence-electron chi connectivity index (χ0n) is 21.5. The molecule has 0 aliphatic carbocycles. The van der Waals surface area contributed by atoms with Crippen LogP contribution < -0.4 is 31.2 Å². The summed E-state index contributed by atoms with van der Waals surface area (Å²) < 4.78 is 28.5. The van der Waals surface area contributed by atoms with Crippen molar-refractivity contribution < 1.29 is 28.2 Å². The lowest BCUT2D eigenvalue weighted by Gasteiger charge is -2.31. The fourth-order valence-corrected chi connectivity index (χ4v) is 4.48. The van der Waals surface area contributed by atoms with E-state index in [2.05, 4.69) is 9.69 Å². The Morgan fingerprint density at radius 3 is 2.29 bits per heavy atom. The van der Waals surface area contributed by atoms with Crippen LogP contribution in [-0.4, -0.2) is 42.9 Å². The van der Waals surface area contributed by atoms with E-state index in [4.69, 9.17) is 20.9 Å². The number of carbonyl (C=O) groups excluding carboxylic acids is 3. The molecule has 0 saturated carbocycles. The number of nitrogens with two attached hydrogens (primary N) is 2. The molecule has 0 spiro atoms. The molecule has 0 aliphatic heterocycles. The van der Waals surface area contributed by atoms with Crippen LogP contribution in [0.2, 0.25) is 0 Å². The number of primary amides is 1. The Balaban J connectivity index is 2.22. The lowest BCUT2D eigenvalue weighted by atomic mass is 10.0. The van der Waals surface area contributed by atoms with Crippen LogP contribution in [0.15, 0.2) is 42.5 Å². The number of halogens is 1. The van der Waals surface area contributed by atoms with Gasteiger partial charge in [0.1, 0.15) is 16.7 Å². The highest BCUT2D eigenvalue weighted by Gasteiger charge is 2.36. The third-order valence-corrected chi connectivity index (χ3v) is 6.58. The van der Waals surface area contributed by atoms with Crippen LogP contribution in [0.1, 0.15) is 52.0 Å². The van der Waals surface area contributed by atoms with Crippen molar-refractivity contribution in [3.8, 4) is 11.5 Å². The maximum atomic E-state index is 14.1. The molecule has 202 valence electrons. The molecule has 3 aromatic rings. The van der Waals surface area contributed by atoms with Crippen molar-refractivity contribution in [1.29, 1.82) is 0 Å². The monoisotopic (exact) mass is 543 g/mol. The van der Waals surface area contributed by atoms with Crippen molar-refractivity contribution in [3.63, 3.8) is 0 Å². The number of nitrogens with one attached hydrogen (secondary N) is 1. The van der Waals surface area contributed by atoms with Gasteiger partial charge in [-0.3, -0.25) is 19.3 Å². The van der Waals surface area contributed by atoms with Gasteiger partial charge in [0.2, 0.25) is 5.91 Å². The maximum Gasteiger partial charge on any atom is 0.273 e. The number of nitrogen functional groups attached to an aromatic ring is 1. The van der Waals surface area contributed by atoms with Crippen molar-refractivity contribution in [2.24, 2.45) is 11.7 Å². The molecule has 10 nitrogen and oxygen atoms in total. The molecule has 2 aromatic carbocycles. The number of methoxy groups -OCH3 is 2. The Bertz CT molecular complexity index is 1310. The van der Waals surface area contributed by atoms with Crippen molar-refractivity contribution in [2.75, 3.05) is 31.4 Å². The molecular formula is C26H30FN5O5S. The molecular weight excluding hydrogens is 513 g/mol. The molecule has 38 heavy (non-hydrogen) atoms. The molecule has 3 rings (SSSR count). The quantitative estimate of drug-likeness (QED) is 0.335. The zero-order valence-corrected chi connectivity index (χ0v) is 22.3. The Kier molecular flexibility index (Phi) is 9.24. The lowest BCUT2D eigenvalue weighted by Crippen LogP contribution is -2.44. The Labute approximate surface area is 223 Å². The highest BCUT2D eigenvalue weighted by Crippen LogP contribution is 2.37. The van der Waals surface area contributed by atoms with Crippen LogP contribution in [0.25, 0.3) is 0 Å². The normalized spacial score (nSPS) is 11.6. The summed E-state index contributed by atoms with van der Waals surface area (Å²) in [6.45, 7) is 4.40. The second kappa shape index (κ2) is 12.4. The third kappa shape index (κ3) is 6.20. The van der Waals surface area contributed by atoms with Crippen molar-refractivity contribution in [3.05, 3.63) is 64.4 Å². The van der Waals surface area contributed by atoms with E-state index in [-0.39, 0.29) is 21.9 Å². The van der Waals surface area contributed by atoms with E-state index in [1.807, 2.05) is 13.8 Å². The number of hydrogen-bond acceptors (Lipinski definition) is 8. The first kappa shape index (κ1) is 28.4. The van der Waals surface area contributed by atoms with Crippen LogP contribution >= 0.6 is 11.5 Å². The maximum absolute atomic E-state index is 14.1. The Morgan fingerprint density at radius 1 is 1.08 bits per heavy atom. The smallest absolute Gasteiger partial charge is 0.273 e. The van der Waals surface area contributed by atoms with Gasteiger partial charge in [-0.1, -0.05) is 26.0 Å². The molecule has 0 radical (unpaired) electrons. The number of rotatable bonds is 11. The number of aromatic nitrogens is 1. The minimum absolute atomic E-state index is 0.0873. The predicted molar refractivity (Wildman–Crippen MR) is 143 cm³/mol. The minimum Gasteiger partial charge on any atom is -0.493 e. The van der Waals surface area contributed by atoms with Crippen LogP contribution in [-0.2, 0) is 4.79 Å². The van der Waals surface area contributed by atoms with Crippen LogP contribution in [0.5, 0.6) is 11.5 Å². The lowest BCUT2D eigenvalue weighted by molar-refractivity contribution is -0.122. The van der Waals surface area contributed by atoms with Gasteiger partial charge < -0.3 is 26.3 Å². The number of benzene rings is 2. The highest BCUT2D eigenvalue weighted by atomic mass is 32.1. The summed E-state index contributed by atoms with van der Waals surface area (Å²) in [6, 6.07) is 8.69. The molecule has 0 fully saturated rings. The molecule has 5 N–H and O–H groups in total. The van der Waals surface area contributed by atoms with E-state index in [0.717, 1.165) is 0 Å². The average Bonchev–Trinajstić information content (AvgIpc) is 3.28. The van der Waals surface area contributed by atoms with Gasteiger partial charge in [-0.05, 0) is 53.7 Å². The summed E-state index contributed by atoms with van der Waals surface area (Å²) in [5.74, 6) is -1.59. The molecule has 1 aromatic heterocycles. The van der Waals surface area contributed by atoms with Crippen molar-refractivity contribution in [1.82, 2.24) is 9.69 Å². The van der Waals surface area contributed by atoms with Gasteiger partial charge in [-0.15, -0.1) is 0 Å². The van der Waals surface area contributed by atoms with Gasteiger partial charge in [0.15, 0.2) is 17.2 Å². The standard InChI is InChI=1S/C26H30FN5O5S/c1-14(2)11-12-30-25(34)22(15-5-7-16(27)8-6-15)32(17-9-10-18(36-3)19(13-17)37-4)26(35)23-20(28)21(24(29)33)31-38-23/h5-10,13-14,22H,11-12,28H2,1-4H3,(H2,29,33)(H,30,34)/t22-/m1/s1. The molecule has 12 heteroatoms. The van der Waals surface area contributed by atoms with E-state index in [1.54, 1.807) is 12.1 Å². The van der Waals surface area contributed by atoms with Crippen LogP contribution in [0, 0.1) is 11.7 Å². The fraction of sp³-hybridized carbons (Fsp3) is 0.308. The highest BCUT2D eigenvalue weighted by molar-refractivity contribution is 7.09. The van der Waals surface area contributed by atoms with Crippen molar-refractivity contribution in [2.45, 2.75) is 26.3 Å². The van der Waals surface area contributed by atoms with E-state index >= 15 is 0 Å². The number of ether oxygens (including phenoxy) is 2. The fourth-order valence-electron chi connectivity index (χ4n) is 3.74. The van der Waals surface area contributed by atoms with E-state index in [1.165, 1.54) is 49.5 Å². The van der Waals surface area contributed by atoms with Crippen LogP contribution in [0.3, 0.4) is 0 Å². The largest absolute Gasteiger partial charge is 0.493 e. The van der Waals surface area contributed by atoms with E-state index in [0.29, 0.717) is 47.5 Å². The van der Waals surface area contributed by atoms with Gasteiger partial charge in [-0.25, -0.2) is 4.39 Å². The first-order chi connectivity index (χ1) is 18.1. The Morgan fingerprint density at radius 2 is 1.74 bits per heavy atom. The predicted octanol–water partition coefficient (Wildman–Crippen LogP) is 3.53. The number of nitrogens with zero attached hydrogens (tertiary/aromatic N) is 2. The summed E-state index contributed by atoms with van der Waals surface area (Å²) >= 11 is 0.687. The second-order valence-electron chi connectivity index (χ2n) is 8.78. The zero-order chi connectivity index (χ0) is 28.0. The van der Waals surface area contributed by atoms with E-state index in [9.17, 15) is 18.8 Å². The summed E-state index contributed by atoms with van der Waals surface area (Å²) in [5.41, 5.74) is 11.6. The topological polar surface area (TPSA) is 150 Å². The molecule has 0 aliphatic rings. The summed E-state index contributed by atoms with van der Waals surface area (Å²) in [6.07, 6.45) is 0.704. The molecule has 1 heterocycles. The van der Waals surface area contributed by atoms with Gasteiger partial charge >= 0.3 is 0 Å². The van der Waals surface area contributed by atoms with Gasteiger partial charge in [0.25, 0.3) is 11.8 Å². The number of hydrogen-bond donors (Lipinski definition) is 3. The molecule has 0 bridgehead atoms. The summed E-state index contributed by atoms with van der Waals surface area (Å²) in [5, 5.41) is 2.87. The number of anilines is 2. The SMILES string of the molecule is COc1ccc(N(C(=O)c2snc(C(N)=O)c2N)[C@@H](C(=O)NCCC(C)C)c2ccc(F)cc2)cc1OC. The van der Waals surface area contributed by atoms with Crippen molar-refractivity contribution >= 4 is 40.6 Å². The molecule has 0 saturated heterocycles. The van der Waals surface area contributed by atoms with Gasteiger partial charge in [0, 0.05) is 18.3 Å². The number of carbonyl (C=O) groups is 3. The Hall–Kier alpha value is -4.19.